The molecule has 2 rings (SSSR count). The van der Waals surface area contributed by atoms with Gasteiger partial charge in [0.1, 0.15) is 12.2 Å². The normalized spacial score (nSPS) is 17.7. The van der Waals surface area contributed by atoms with Crippen molar-refractivity contribution in [3.8, 4) is 0 Å². The second kappa shape index (κ2) is 4.68. The van der Waals surface area contributed by atoms with Crippen molar-refractivity contribution in [1.29, 1.82) is 0 Å². The summed E-state index contributed by atoms with van der Waals surface area (Å²) in [4.78, 5) is 4.44. The Balaban J connectivity index is 2.27. The molecule has 0 unspecified atom stereocenters. The standard InChI is InChI=1S/C13H18N2O3S/c1-10-13(2,3)12-11(6-4-7-14-12)15(10)8-5-9-19(16,17)18/h4,6-7H,5,8-9H2,1-3H3/p+1. The molecule has 0 saturated carbocycles. The van der Waals surface area contributed by atoms with Gasteiger partial charge in [-0.25, -0.2) is 0 Å². The van der Waals surface area contributed by atoms with Gasteiger partial charge >= 0.3 is 0 Å². The van der Waals surface area contributed by atoms with E-state index in [-0.39, 0.29) is 11.2 Å². The molecule has 1 aromatic heterocycles. The van der Waals surface area contributed by atoms with Gasteiger partial charge in [-0.3, -0.25) is 9.54 Å². The fourth-order valence-corrected chi connectivity index (χ4v) is 2.97. The molecule has 0 radical (unpaired) electrons. The molecule has 1 aliphatic rings. The number of aromatic nitrogens is 1. The van der Waals surface area contributed by atoms with Gasteiger partial charge in [-0.2, -0.15) is 13.0 Å². The van der Waals surface area contributed by atoms with E-state index >= 15 is 0 Å². The number of nitrogens with zero attached hydrogens (tertiary/aromatic N) is 2. The molecule has 1 aliphatic heterocycles. The first kappa shape index (κ1) is 14.1. The van der Waals surface area contributed by atoms with Crippen LogP contribution in [0.2, 0.25) is 0 Å². The van der Waals surface area contributed by atoms with Crippen molar-refractivity contribution in [1.82, 2.24) is 4.98 Å². The molecule has 0 bridgehead atoms. The van der Waals surface area contributed by atoms with Crippen LogP contribution < -0.4 is 0 Å². The molecule has 0 spiro atoms. The topological polar surface area (TPSA) is 70.3 Å². The summed E-state index contributed by atoms with van der Waals surface area (Å²) < 4.78 is 32.4. The van der Waals surface area contributed by atoms with Crippen molar-refractivity contribution in [3.63, 3.8) is 0 Å². The smallest absolute Gasteiger partial charge is 0.265 e. The SMILES string of the molecule is CC1=[N+](CCCS(=O)(=O)O)c2cccnc2C1(C)C. The minimum Gasteiger partial charge on any atom is -0.286 e. The lowest BCUT2D eigenvalue weighted by Gasteiger charge is -2.13. The molecule has 0 saturated heterocycles. The molecular formula is C13H19N2O3S+. The van der Waals surface area contributed by atoms with E-state index in [0.29, 0.717) is 13.0 Å². The van der Waals surface area contributed by atoms with Crippen molar-refractivity contribution < 1.29 is 17.5 Å². The molecule has 1 aromatic rings. The first-order valence-corrected chi connectivity index (χ1v) is 7.86. The van der Waals surface area contributed by atoms with Crippen LogP contribution in [0.25, 0.3) is 0 Å². The molecule has 0 aliphatic carbocycles. The van der Waals surface area contributed by atoms with Crippen LogP contribution in [0.15, 0.2) is 18.3 Å². The molecule has 2 heterocycles. The summed E-state index contributed by atoms with van der Waals surface area (Å²) in [5, 5.41) is 0. The van der Waals surface area contributed by atoms with Gasteiger partial charge in [-0.1, -0.05) is 0 Å². The van der Waals surface area contributed by atoms with E-state index in [4.69, 9.17) is 4.55 Å². The highest BCUT2D eigenvalue weighted by Crippen LogP contribution is 2.37. The maximum atomic E-state index is 10.8. The second-order valence-corrected chi connectivity index (χ2v) is 6.94. The van der Waals surface area contributed by atoms with Crippen molar-refractivity contribution in [2.45, 2.75) is 32.6 Å². The van der Waals surface area contributed by atoms with Crippen molar-refractivity contribution in [2.75, 3.05) is 12.3 Å². The molecule has 19 heavy (non-hydrogen) atoms. The average molecular weight is 283 g/mol. The van der Waals surface area contributed by atoms with E-state index in [1.165, 1.54) is 0 Å². The van der Waals surface area contributed by atoms with Crippen LogP contribution in [0, 0.1) is 0 Å². The van der Waals surface area contributed by atoms with Gasteiger partial charge in [0.05, 0.1) is 11.2 Å². The van der Waals surface area contributed by atoms with Crippen LogP contribution >= 0.6 is 0 Å². The first-order chi connectivity index (χ1) is 8.73. The highest BCUT2D eigenvalue weighted by Gasteiger charge is 2.43. The second-order valence-electron chi connectivity index (χ2n) is 5.37. The van der Waals surface area contributed by atoms with Crippen LogP contribution in [-0.2, 0) is 15.5 Å². The Labute approximate surface area is 113 Å². The van der Waals surface area contributed by atoms with E-state index in [0.717, 1.165) is 17.1 Å². The summed E-state index contributed by atoms with van der Waals surface area (Å²) in [7, 11) is -3.89. The van der Waals surface area contributed by atoms with Crippen LogP contribution in [0.4, 0.5) is 5.69 Å². The summed E-state index contributed by atoms with van der Waals surface area (Å²) in [6.45, 7) is 6.82. The summed E-state index contributed by atoms with van der Waals surface area (Å²) in [5.74, 6) is -0.215. The lowest BCUT2D eigenvalue weighted by atomic mass is 9.86. The van der Waals surface area contributed by atoms with Gasteiger partial charge in [0.25, 0.3) is 10.1 Å². The number of fused-ring (bicyclic) bond motifs is 1. The minimum atomic E-state index is -3.89. The van der Waals surface area contributed by atoms with Crippen LogP contribution in [0.5, 0.6) is 0 Å². The fourth-order valence-electron chi connectivity index (χ4n) is 2.48. The summed E-state index contributed by atoms with van der Waals surface area (Å²) in [5.41, 5.74) is 3.05. The minimum absolute atomic E-state index is 0.144. The van der Waals surface area contributed by atoms with Gasteiger partial charge in [-0.05, 0) is 19.9 Å². The molecule has 6 heteroatoms. The molecule has 5 nitrogen and oxygen atoms in total. The molecule has 1 N–H and O–H groups in total. The molecule has 104 valence electrons. The Hall–Kier alpha value is -1.27. The van der Waals surface area contributed by atoms with Crippen molar-refractivity contribution in [3.05, 3.63) is 24.0 Å². The van der Waals surface area contributed by atoms with E-state index in [2.05, 4.69) is 23.4 Å². The Kier molecular flexibility index (Phi) is 3.49. The highest BCUT2D eigenvalue weighted by atomic mass is 32.2. The van der Waals surface area contributed by atoms with E-state index in [1.807, 2.05) is 19.1 Å². The maximum absolute atomic E-state index is 10.8. The van der Waals surface area contributed by atoms with Gasteiger partial charge in [0.2, 0.25) is 5.69 Å². The zero-order valence-corrected chi connectivity index (χ0v) is 12.2. The third kappa shape index (κ3) is 2.69. The zero-order chi connectivity index (χ0) is 14.3. The van der Waals surface area contributed by atoms with Gasteiger partial charge < -0.3 is 0 Å². The zero-order valence-electron chi connectivity index (χ0n) is 11.4. The molecule has 0 fully saturated rings. The third-order valence-electron chi connectivity index (χ3n) is 3.76. The summed E-state index contributed by atoms with van der Waals surface area (Å²) >= 11 is 0. The van der Waals surface area contributed by atoms with E-state index < -0.39 is 10.1 Å². The van der Waals surface area contributed by atoms with Crippen LogP contribution in [0.3, 0.4) is 0 Å². The number of pyridine rings is 1. The van der Waals surface area contributed by atoms with Crippen LogP contribution in [-0.4, -0.2) is 40.5 Å². The quantitative estimate of drug-likeness (QED) is 0.675. The largest absolute Gasteiger partial charge is 0.286 e. The summed E-state index contributed by atoms with van der Waals surface area (Å²) in [6, 6.07) is 3.87. The van der Waals surface area contributed by atoms with E-state index in [9.17, 15) is 8.42 Å². The molecule has 0 atom stereocenters. The first-order valence-electron chi connectivity index (χ1n) is 6.26. The highest BCUT2D eigenvalue weighted by molar-refractivity contribution is 7.85. The average Bonchev–Trinajstić information content (AvgIpc) is 2.50. The third-order valence-corrected chi connectivity index (χ3v) is 4.57. The Bertz CT molecular complexity index is 633. The molecule has 0 aromatic carbocycles. The molecule has 0 amide bonds. The fraction of sp³-hybridized carbons (Fsp3) is 0.538. The number of hydrogen-bond acceptors (Lipinski definition) is 3. The Morgan fingerprint density at radius 1 is 1.42 bits per heavy atom. The lowest BCUT2D eigenvalue weighted by Crippen LogP contribution is -2.27. The number of hydrogen-bond donors (Lipinski definition) is 1. The monoisotopic (exact) mass is 283 g/mol. The van der Waals surface area contributed by atoms with Crippen LogP contribution in [0.1, 0.15) is 32.9 Å². The lowest BCUT2D eigenvalue weighted by molar-refractivity contribution is -0.438. The van der Waals surface area contributed by atoms with Gasteiger partial charge in [0, 0.05) is 25.6 Å². The van der Waals surface area contributed by atoms with E-state index in [1.54, 1.807) is 6.20 Å². The predicted molar refractivity (Wildman–Crippen MR) is 73.8 cm³/mol. The van der Waals surface area contributed by atoms with Gasteiger partial charge in [-0.15, -0.1) is 0 Å². The Morgan fingerprint density at radius 3 is 2.74 bits per heavy atom. The van der Waals surface area contributed by atoms with Crippen molar-refractivity contribution >= 4 is 21.5 Å². The van der Waals surface area contributed by atoms with Gasteiger partial charge in [0.15, 0.2) is 5.71 Å². The Morgan fingerprint density at radius 2 is 2.11 bits per heavy atom. The molecular weight excluding hydrogens is 264 g/mol. The maximum Gasteiger partial charge on any atom is 0.265 e. The predicted octanol–water partition coefficient (Wildman–Crippen LogP) is 1.76. The summed E-state index contributed by atoms with van der Waals surface area (Å²) in [6.07, 6.45) is 2.16. The van der Waals surface area contributed by atoms with Crippen molar-refractivity contribution in [2.24, 2.45) is 0 Å². The number of rotatable bonds is 4.